The Morgan fingerprint density at radius 1 is 1.09 bits per heavy atom. The fourth-order valence-electron chi connectivity index (χ4n) is 3.29. The van der Waals surface area contributed by atoms with Crippen molar-refractivity contribution in [3.8, 4) is 11.5 Å². The number of benzene rings is 2. The van der Waals surface area contributed by atoms with Crippen LogP contribution in [-0.4, -0.2) is 52.4 Å². The number of carbonyl (C=O) groups excluding carboxylic acids is 1. The molecule has 0 saturated carbocycles. The molecule has 1 heterocycles. The van der Waals surface area contributed by atoms with E-state index in [1.165, 1.54) is 29.6 Å². The summed E-state index contributed by atoms with van der Waals surface area (Å²) in [6.07, 6.45) is 5.56. The number of aromatic carboxylic acids is 1. The molecular weight excluding hydrogens is 444 g/mol. The molecule has 35 heavy (non-hydrogen) atoms. The molecule has 0 aliphatic rings. The number of pyridine rings is 1. The lowest BCUT2D eigenvalue weighted by atomic mass is 10.1. The van der Waals surface area contributed by atoms with Crippen LogP contribution >= 0.6 is 0 Å². The topological polar surface area (TPSA) is 95.0 Å². The van der Waals surface area contributed by atoms with Gasteiger partial charge in [-0.15, -0.1) is 0 Å². The van der Waals surface area contributed by atoms with Gasteiger partial charge in [0, 0.05) is 38.6 Å². The lowest BCUT2D eigenvalue weighted by Gasteiger charge is -2.25. The van der Waals surface area contributed by atoms with Crippen molar-refractivity contribution in [1.29, 1.82) is 0 Å². The lowest BCUT2D eigenvalue weighted by molar-refractivity contribution is -0.117. The summed E-state index contributed by atoms with van der Waals surface area (Å²) in [5.41, 5.74) is 3.28. The average Bonchev–Trinajstić information content (AvgIpc) is 2.86. The molecule has 0 saturated heterocycles. The highest BCUT2D eigenvalue weighted by Gasteiger charge is 2.09. The van der Waals surface area contributed by atoms with Crippen LogP contribution in [0.2, 0.25) is 0 Å². The first-order valence-electron chi connectivity index (χ1n) is 11.3. The van der Waals surface area contributed by atoms with Crippen molar-refractivity contribution >= 4 is 18.1 Å². The number of hydrogen-bond donors (Lipinski definition) is 2. The number of aryl methyl sites for hydroxylation is 1. The molecular formula is C27H30N4O4. The smallest absolute Gasteiger partial charge is 0.337 e. The minimum Gasteiger partial charge on any atom is -0.478 e. The van der Waals surface area contributed by atoms with Gasteiger partial charge >= 0.3 is 5.97 Å². The number of carboxylic acids is 1. The fraction of sp³-hybridized carbons (Fsp3) is 0.222. The fourth-order valence-corrected chi connectivity index (χ4v) is 3.29. The van der Waals surface area contributed by atoms with Gasteiger partial charge in [-0.3, -0.25) is 9.78 Å². The van der Waals surface area contributed by atoms with E-state index in [0.717, 1.165) is 17.9 Å². The lowest BCUT2D eigenvalue weighted by Crippen LogP contribution is -2.26. The number of hydrogen-bond acceptors (Lipinski definition) is 6. The minimum atomic E-state index is -1.06. The molecule has 0 atom stereocenters. The van der Waals surface area contributed by atoms with E-state index in [2.05, 4.69) is 46.4 Å². The quantitative estimate of drug-likeness (QED) is 0.366. The second-order valence-electron chi connectivity index (χ2n) is 8.09. The molecule has 0 bridgehead atoms. The first-order valence-corrected chi connectivity index (χ1v) is 11.3. The van der Waals surface area contributed by atoms with Crippen LogP contribution in [0.1, 0.15) is 28.4 Å². The van der Waals surface area contributed by atoms with E-state index in [1.54, 1.807) is 17.0 Å². The summed E-state index contributed by atoms with van der Waals surface area (Å²) in [4.78, 5) is 30.1. The normalized spacial score (nSPS) is 11.0. The van der Waals surface area contributed by atoms with Gasteiger partial charge in [-0.05, 0) is 55.8 Å². The second kappa shape index (κ2) is 12.2. The Morgan fingerprint density at radius 3 is 2.43 bits per heavy atom. The number of amides is 1. The summed E-state index contributed by atoms with van der Waals surface area (Å²) in [7, 11) is 2.00. The van der Waals surface area contributed by atoms with Gasteiger partial charge < -0.3 is 25.0 Å². The number of nitrogens with zero attached hydrogens (tertiary/aromatic N) is 3. The molecule has 0 spiro atoms. The standard InChI is InChI=1S/C27H30N4O4/c1-4-31(19-32)14-13-26(30(3)18-21-7-5-20(2)6-8-21)29-23-9-11-24(12-10-23)35-25-15-22(27(33)34)16-28-17-25/h5-13,15-17,19,29H,4,14,18H2,1-3H3,(H,33,34)/b26-13-. The first kappa shape index (κ1) is 25.3. The summed E-state index contributed by atoms with van der Waals surface area (Å²) in [6, 6.07) is 17.1. The highest BCUT2D eigenvalue weighted by Crippen LogP contribution is 2.24. The monoisotopic (exact) mass is 474 g/mol. The zero-order valence-electron chi connectivity index (χ0n) is 20.1. The zero-order chi connectivity index (χ0) is 25.2. The van der Waals surface area contributed by atoms with Crippen molar-refractivity contribution in [1.82, 2.24) is 14.8 Å². The van der Waals surface area contributed by atoms with Gasteiger partial charge in [0.15, 0.2) is 0 Å². The van der Waals surface area contributed by atoms with Crippen molar-refractivity contribution in [3.05, 3.63) is 95.6 Å². The summed E-state index contributed by atoms with van der Waals surface area (Å²) in [5.74, 6) is 0.694. The molecule has 2 N–H and O–H groups in total. The van der Waals surface area contributed by atoms with Crippen LogP contribution < -0.4 is 10.1 Å². The Balaban J connectivity index is 1.73. The highest BCUT2D eigenvalue weighted by molar-refractivity contribution is 5.87. The van der Waals surface area contributed by atoms with E-state index in [1.807, 2.05) is 32.2 Å². The summed E-state index contributed by atoms with van der Waals surface area (Å²) in [6.45, 7) is 5.80. The molecule has 0 aliphatic carbocycles. The van der Waals surface area contributed by atoms with Crippen LogP contribution in [-0.2, 0) is 11.3 Å². The van der Waals surface area contributed by atoms with E-state index in [4.69, 9.17) is 9.84 Å². The Morgan fingerprint density at radius 2 is 1.80 bits per heavy atom. The molecule has 8 heteroatoms. The molecule has 8 nitrogen and oxygen atoms in total. The summed E-state index contributed by atoms with van der Waals surface area (Å²) >= 11 is 0. The van der Waals surface area contributed by atoms with Crippen molar-refractivity contribution in [2.75, 3.05) is 25.5 Å². The second-order valence-corrected chi connectivity index (χ2v) is 8.09. The van der Waals surface area contributed by atoms with Gasteiger partial charge in [0.2, 0.25) is 6.41 Å². The van der Waals surface area contributed by atoms with Crippen molar-refractivity contribution in [2.24, 2.45) is 0 Å². The van der Waals surface area contributed by atoms with Gasteiger partial charge in [0.25, 0.3) is 0 Å². The zero-order valence-corrected chi connectivity index (χ0v) is 20.1. The molecule has 182 valence electrons. The third-order valence-corrected chi connectivity index (χ3v) is 5.35. The van der Waals surface area contributed by atoms with E-state index in [0.29, 0.717) is 31.1 Å². The number of ether oxygens (including phenoxy) is 1. The molecule has 0 radical (unpaired) electrons. The van der Waals surface area contributed by atoms with E-state index in [9.17, 15) is 9.59 Å². The third-order valence-electron chi connectivity index (χ3n) is 5.35. The van der Waals surface area contributed by atoms with E-state index >= 15 is 0 Å². The molecule has 0 aliphatic heterocycles. The van der Waals surface area contributed by atoms with Crippen molar-refractivity contribution in [3.63, 3.8) is 0 Å². The Labute approximate surface area is 205 Å². The van der Waals surface area contributed by atoms with Crippen molar-refractivity contribution < 1.29 is 19.4 Å². The number of aromatic nitrogens is 1. The van der Waals surface area contributed by atoms with Crippen molar-refractivity contribution in [2.45, 2.75) is 20.4 Å². The molecule has 3 rings (SSSR count). The van der Waals surface area contributed by atoms with E-state index < -0.39 is 5.97 Å². The van der Waals surface area contributed by atoms with Gasteiger partial charge in [-0.25, -0.2) is 4.79 Å². The number of likely N-dealkylation sites (N-methyl/N-ethyl adjacent to an activating group) is 1. The molecule has 1 amide bonds. The van der Waals surface area contributed by atoms with Crippen LogP contribution in [0.5, 0.6) is 11.5 Å². The third kappa shape index (κ3) is 7.60. The first-order chi connectivity index (χ1) is 16.9. The number of carboxylic acid groups (broad SMARTS) is 1. The van der Waals surface area contributed by atoms with Gasteiger partial charge in [0.1, 0.15) is 17.3 Å². The predicted molar refractivity (Wildman–Crippen MR) is 135 cm³/mol. The highest BCUT2D eigenvalue weighted by atomic mass is 16.5. The summed E-state index contributed by atoms with van der Waals surface area (Å²) < 4.78 is 5.75. The predicted octanol–water partition coefficient (Wildman–Crippen LogP) is 4.74. The molecule has 0 fully saturated rings. The molecule has 2 aromatic carbocycles. The number of carbonyl (C=O) groups is 2. The van der Waals surface area contributed by atoms with Crippen LogP contribution in [0.3, 0.4) is 0 Å². The van der Waals surface area contributed by atoms with Crippen LogP contribution in [0.25, 0.3) is 0 Å². The van der Waals surface area contributed by atoms with Gasteiger partial charge in [-0.2, -0.15) is 0 Å². The Hall–Kier alpha value is -4.33. The molecule has 1 aromatic heterocycles. The SMILES string of the molecule is CCN(C=O)C/C=C(/Nc1ccc(Oc2cncc(C(=O)O)c2)cc1)N(C)Cc1ccc(C)cc1. The van der Waals surface area contributed by atoms with Crippen LogP contribution in [0.15, 0.2) is 78.9 Å². The average molecular weight is 475 g/mol. The maximum atomic E-state index is 11.3. The van der Waals surface area contributed by atoms with Gasteiger partial charge in [0.05, 0.1) is 11.8 Å². The number of anilines is 1. The molecule has 3 aromatic rings. The number of nitrogens with one attached hydrogen (secondary N) is 1. The van der Waals surface area contributed by atoms with E-state index in [-0.39, 0.29) is 5.56 Å². The number of rotatable bonds is 12. The molecule has 0 unspecified atom stereocenters. The van der Waals surface area contributed by atoms with Crippen LogP contribution in [0, 0.1) is 6.92 Å². The Bertz CT molecular complexity index is 1160. The minimum absolute atomic E-state index is 0.0589. The Kier molecular flexibility index (Phi) is 8.83. The maximum Gasteiger partial charge on any atom is 0.337 e. The largest absolute Gasteiger partial charge is 0.478 e. The van der Waals surface area contributed by atoms with Gasteiger partial charge in [-0.1, -0.05) is 29.8 Å². The summed E-state index contributed by atoms with van der Waals surface area (Å²) in [5, 5.41) is 12.5. The van der Waals surface area contributed by atoms with Crippen LogP contribution in [0.4, 0.5) is 5.69 Å². The maximum absolute atomic E-state index is 11.3.